The van der Waals surface area contributed by atoms with E-state index in [4.69, 9.17) is 21.1 Å². The highest BCUT2D eigenvalue weighted by molar-refractivity contribution is 6.30. The fraction of sp³-hybridized carbons (Fsp3) is 0.316. The molecule has 126 valence electrons. The van der Waals surface area contributed by atoms with Gasteiger partial charge < -0.3 is 14.8 Å². The average Bonchev–Trinajstić information content (AvgIpc) is 3.36. The first-order chi connectivity index (χ1) is 11.6. The van der Waals surface area contributed by atoms with E-state index in [-0.39, 0.29) is 11.4 Å². The predicted molar refractivity (Wildman–Crippen MR) is 93.8 cm³/mol. The van der Waals surface area contributed by atoms with Gasteiger partial charge in [-0.05, 0) is 48.2 Å². The van der Waals surface area contributed by atoms with E-state index in [1.807, 2.05) is 30.3 Å². The highest BCUT2D eigenvalue weighted by Gasteiger charge is 2.45. The third kappa shape index (κ3) is 3.49. The summed E-state index contributed by atoms with van der Waals surface area (Å²) in [6.07, 6.45) is 2.19. The van der Waals surface area contributed by atoms with Crippen molar-refractivity contribution in [2.75, 3.05) is 14.2 Å². The van der Waals surface area contributed by atoms with Crippen LogP contribution in [0.4, 0.5) is 0 Å². The Labute approximate surface area is 146 Å². The standard InChI is InChI=1S/C19H20ClNO3/c1-23-16-8-5-14(12-17(16)24-2)19(9-10-19)21-18(22)11-13-3-6-15(20)7-4-13/h3-8,12H,9-11H2,1-2H3,(H,21,22). The highest BCUT2D eigenvalue weighted by Crippen LogP contribution is 2.47. The molecule has 4 nitrogen and oxygen atoms in total. The summed E-state index contributed by atoms with van der Waals surface area (Å²) in [5.74, 6) is 1.36. The topological polar surface area (TPSA) is 47.6 Å². The lowest BCUT2D eigenvalue weighted by Gasteiger charge is -2.19. The van der Waals surface area contributed by atoms with Crippen molar-refractivity contribution in [1.82, 2.24) is 5.32 Å². The Hall–Kier alpha value is -2.20. The Morgan fingerprint density at radius 3 is 2.33 bits per heavy atom. The minimum absolute atomic E-state index is 0.00427. The molecule has 1 fully saturated rings. The molecule has 3 rings (SSSR count). The van der Waals surface area contributed by atoms with Crippen molar-refractivity contribution in [1.29, 1.82) is 0 Å². The number of methoxy groups -OCH3 is 2. The van der Waals surface area contributed by atoms with Gasteiger partial charge in [0.1, 0.15) is 0 Å². The van der Waals surface area contributed by atoms with E-state index in [1.165, 1.54) is 0 Å². The van der Waals surface area contributed by atoms with Gasteiger partial charge in [0.2, 0.25) is 5.91 Å². The maximum absolute atomic E-state index is 12.4. The lowest BCUT2D eigenvalue weighted by molar-refractivity contribution is -0.121. The lowest BCUT2D eigenvalue weighted by Crippen LogP contribution is -2.35. The average molecular weight is 346 g/mol. The molecule has 1 N–H and O–H groups in total. The minimum Gasteiger partial charge on any atom is -0.493 e. The molecule has 5 heteroatoms. The first-order valence-corrected chi connectivity index (χ1v) is 8.22. The van der Waals surface area contributed by atoms with E-state index in [0.717, 1.165) is 24.0 Å². The molecule has 0 spiro atoms. The van der Waals surface area contributed by atoms with Crippen LogP contribution in [-0.4, -0.2) is 20.1 Å². The SMILES string of the molecule is COc1ccc(C2(NC(=O)Cc3ccc(Cl)cc3)CC2)cc1OC. The quantitative estimate of drug-likeness (QED) is 0.868. The number of hydrogen-bond donors (Lipinski definition) is 1. The van der Waals surface area contributed by atoms with Crippen LogP contribution in [0.25, 0.3) is 0 Å². The molecular weight excluding hydrogens is 326 g/mol. The number of hydrogen-bond acceptors (Lipinski definition) is 3. The van der Waals surface area contributed by atoms with Crippen molar-refractivity contribution in [3.05, 3.63) is 58.6 Å². The van der Waals surface area contributed by atoms with Crippen molar-refractivity contribution < 1.29 is 14.3 Å². The zero-order valence-electron chi connectivity index (χ0n) is 13.8. The molecule has 0 bridgehead atoms. The Balaban J connectivity index is 1.72. The summed E-state index contributed by atoms with van der Waals surface area (Å²) in [5, 5.41) is 3.84. The van der Waals surface area contributed by atoms with Gasteiger partial charge >= 0.3 is 0 Å². The van der Waals surface area contributed by atoms with Crippen LogP contribution < -0.4 is 14.8 Å². The van der Waals surface area contributed by atoms with Gasteiger partial charge in [-0.2, -0.15) is 0 Å². The summed E-state index contributed by atoms with van der Waals surface area (Å²) in [4.78, 5) is 12.4. The third-order valence-electron chi connectivity index (χ3n) is 4.34. The zero-order valence-corrected chi connectivity index (χ0v) is 14.5. The Bertz CT molecular complexity index is 739. The van der Waals surface area contributed by atoms with Crippen LogP contribution in [0.3, 0.4) is 0 Å². The van der Waals surface area contributed by atoms with Crippen LogP contribution in [-0.2, 0) is 16.8 Å². The summed E-state index contributed by atoms with van der Waals surface area (Å²) < 4.78 is 10.6. The van der Waals surface area contributed by atoms with Gasteiger partial charge in [0, 0.05) is 5.02 Å². The lowest BCUT2D eigenvalue weighted by atomic mass is 10.0. The van der Waals surface area contributed by atoms with Crippen molar-refractivity contribution >= 4 is 17.5 Å². The molecule has 1 saturated carbocycles. The number of halogens is 1. The highest BCUT2D eigenvalue weighted by atomic mass is 35.5. The Kier molecular flexibility index (Phi) is 4.67. The zero-order chi connectivity index (χ0) is 17.2. The molecule has 24 heavy (non-hydrogen) atoms. The Morgan fingerprint density at radius 2 is 1.75 bits per heavy atom. The number of ether oxygens (including phenoxy) is 2. The van der Waals surface area contributed by atoms with Crippen LogP contribution in [0.2, 0.25) is 5.02 Å². The molecule has 0 aliphatic heterocycles. The summed E-state index contributed by atoms with van der Waals surface area (Å²) >= 11 is 5.88. The van der Waals surface area contributed by atoms with Crippen molar-refractivity contribution in [2.45, 2.75) is 24.8 Å². The second-order valence-electron chi connectivity index (χ2n) is 6.00. The van der Waals surface area contributed by atoms with Crippen LogP contribution in [0.1, 0.15) is 24.0 Å². The summed E-state index contributed by atoms with van der Waals surface area (Å²) in [6.45, 7) is 0. The summed E-state index contributed by atoms with van der Waals surface area (Å²) in [5.41, 5.74) is 1.70. The molecule has 0 aromatic heterocycles. The van der Waals surface area contributed by atoms with Crippen LogP contribution in [0.15, 0.2) is 42.5 Å². The van der Waals surface area contributed by atoms with Crippen LogP contribution in [0, 0.1) is 0 Å². The van der Waals surface area contributed by atoms with E-state index in [1.54, 1.807) is 26.4 Å². The van der Waals surface area contributed by atoms with Gasteiger partial charge in [-0.3, -0.25) is 4.79 Å². The molecule has 0 radical (unpaired) electrons. The predicted octanol–water partition coefficient (Wildman–Crippen LogP) is 3.71. The smallest absolute Gasteiger partial charge is 0.225 e. The second kappa shape index (κ2) is 6.73. The van der Waals surface area contributed by atoms with Crippen molar-refractivity contribution in [3.8, 4) is 11.5 Å². The number of carbonyl (C=O) groups excluding carboxylic acids is 1. The van der Waals surface area contributed by atoms with Crippen LogP contribution in [0.5, 0.6) is 11.5 Å². The van der Waals surface area contributed by atoms with Crippen molar-refractivity contribution in [2.24, 2.45) is 0 Å². The van der Waals surface area contributed by atoms with Crippen LogP contribution >= 0.6 is 11.6 Å². The largest absolute Gasteiger partial charge is 0.493 e. The molecule has 2 aromatic carbocycles. The molecule has 1 aliphatic rings. The molecule has 1 aliphatic carbocycles. The van der Waals surface area contributed by atoms with E-state index >= 15 is 0 Å². The minimum atomic E-state index is -0.289. The number of rotatable bonds is 6. The van der Waals surface area contributed by atoms with E-state index in [9.17, 15) is 4.79 Å². The monoisotopic (exact) mass is 345 g/mol. The number of amides is 1. The normalized spacial score (nSPS) is 14.8. The molecule has 0 saturated heterocycles. The van der Waals surface area contributed by atoms with Gasteiger partial charge in [0.25, 0.3) is 0 Å². The fourth-order valence-electron chi connectivity index (χ4n) is 2.84. The van der Waals surface area contributed by atoms with E-state index in [0.29, 0.717) is 22.9 Å². The molecule has 0 heterocycles. The second-order valence-corrected chi connectivity index (χ2v) is 6.44. The van der Waals surface area contributed by atoms with E-state index in [2.05, 4.69) is 5.32 Å². The molecule has 0 unspecified atom stereocenters. The first-order valence-electron chi connectivity index (χ1n) is 7.84. The summed E-state index contributed by atoms with van der Waals surface area (Å²) in [6, 6.07) is 13.1. The fourth-order valence-corrected chi connectivity index (χ4v) is 2.97. The van der Waals surface area contributed by atoms with Gasteiger partial charge in [0.05, 0.1) is 26.2 Å². The van der Waals surface area contributed by atoms with Gasteiger partial charge in [-0.25, -0.2) is 0 Å². The van der Waals surface area contributed by atoms with Gasteiger partial charge in [-0.15, -0.1) is 0 Å². The molecule has 2 aromatic rings. The third-order valence-corrected chi connectivity index (χ3v) is 4.59. The maximum Gasteiger partial charge on any atom is 0.225 e. The van der Waals surface area contributed by atoms with Gasteiger partial charge in [-0.1, -0.05) is 29.8 Å². The Morgan fingerprint density at radius 1 is 1.08 bits per heavy atom. The molecule has 1 amide bonds. The summed E-state index contributed by atoms with van der Waals surface area (Å²) in [7, 11) is 3.22. The number of benzene rings is 2. The van der Waals surface area contributed by atoms with E-state index < -0.39 is 0 Å². The van der Waals surface area contributed by atoms with Crippen molar-refractivity contribution in [3.63, 3.8) is 0 Å². The number of carbonyl (C=O) groups is 1. The van der Waals surface area contributed by atoms with Gasteiger partial charge in [0.15, 0.2) is 11.5 Å². The maximum atomic E-state index is 12.4. The molecule has 0 atom stereocenters. The first kappa shape index (κ1) is 16.7. The molecular formula is C19H20ClNO3. The number of nitrogens with one attached hydrogen (secondary N) is 1.